The molecule has 13 heteroatoms. The number of nitrogens with one attached hydrogen (secondary N) is 1. The number of nitrogens with zero attached hydrogens (tertiary/aromatic N) is 5. The lowest BCUT2D eigenvalue weighted by Crippen LogP contribution is -2.26. The zero-order valence-electron chi connectivity index (χ0n) is 30.7. The Bertz CT molecular complexity index is 2170. The van der Waals surface area contributed by atoms with Crippen LogP contribution in [-0.4, -0.2) is 54.6 Å². The minimum absolute atomic E-state index is 0.0254. The van der Waals surface area contributed by atoms with Crippen LogP contribution in [0.2, 0.25) is 0 Å². The van der Waals surface area contributed by atoms with Gasteiger partial charge in [-0.1, -0.05) is 54.6 Å². The predicted molar refractivity (Wildman–Crippen MR) is 209 cm³/mol. The number of aromatic nitrogens is 4. The van der Waals surface area contributed by atoms with Gasteiger partial charge in [0.15, 0.2) is 5.82 Å². The van der Waals surface area contributed by atoms with Gasteiger partial charge >= 0.3 is 6.18 Å². The molecule has 0 saturated carbocycles. The van der Waals surface area contributed by atoms with E-state index in [1.807, 2.05) is 77.1 Å². The number of ether oxygens (including phenoxy) is 3. The highest BCUT2D eigenvalue weighted by Crippen LogP contribution is 2.48. The van der Waals surface area contributed by atoms with Gasteiger partial charge in [0.25, 0.3) is 0 Å². The Kier molecular flexibility index (Phi) is 11.6. The van der Waals surface area contributed by atoms with Gasteiger partial charge in [-0.25, -0.2) is 4.68 Å². The molecule has 1 saturated heterocycles. The maximum absolute atomic E-state index is 15.3. The van der Waals surface area contributed by atoms with Crippen molar-refractivity contribution in [3.05, 3.63) is 131 Å². The number of tetrazole rings is 1. The molecule has 0 amide bonds. The van der Waals surface area contributed by atoms with Crippen molar-refractivity contribution in [3.63, 3.8) is 0 Å². The van der Waals surface area contributed by atoms with E-state index in [0.717, 1.165) is 54.6 Å². The van der Waals surface area contributed by atoms with Gasteiger partial charge in [-0.3, -0.25) is 0 Å². The molecule has 0 unspecified atom stereocenters. The summed E-state index contributed by atoms with van der Waals surface area (Å²) in [5.74, 6) is 2.62. The van der Waals surface area contributed by atoms with Gasteiger partial charge in [-0.2, -0.15) is 13.2 Å². The topological polar surface area (TPSA) is 86.6 Å². The highest BCUT2D eigenvalue weighted by molar-refractivity contribution is 8.00. The summed E-state index contributed by atoms with van der Waals surface area (Å²) in [5, 5.41) is 16.2. The summed E-state index contributed by atoms with van der Waals surface area (Å²) in [4.78, 5) is -0.0254. The van der Waals surface area contributed by atoms with Crippen molar-refractivity contribution in [1.29, 1.82) is 0 Å². The maximum Gasteiger partial charge on any atom is 0.417 e. The second kappa shape index (κ2) is 16.9. The molecule has 5 aromatic carbocycles. The minimum atomic E-state index is -4.70. The highest BCUT2D eigenvalue weighted by atomic mass is 32.2. The summed E-state index contributed by atoms with van der Waals surface area (Å²) in [7, 11) is 4.75. The molecule has 55 heavy (non-hydrogen) atoms. The summed E-state index contributed by atoms with van der Waals surface area (Å²) in [6.07, 6.45) is -2.64. The van der Waals surface area contributed by atoms with Crippen LogP contribution in [0.15, 0.2) is 114 Å². The molecule has 1 N–H and O–H groups in total. The maximum atomic E-state index is 15.3. The lowest BCUT2D eigenvalue weighted by Gasteiger charge is -2.28. The zero-order chi connectivity index (χ0) is 38.4. The number of methoxy groups -OCH3 is 3. The van der Waals surface area contributed by atoms with Crippen molar-refractivity contribution in [2.75, 3.05) is 38.7 Å². The first-order valence-electron chi connectivity index (χ1n) is 17.9. The van der Waals surface area contributed by atoms with Crippen molar-refractivity contribution >= 4 is 17.6 Å². The Balaban J connectivity index is 1.40. The van der Waals surface area contributed by atoms with Gasteiger partial charge in [0, 0.05) is 11.3 Å². The molecule has 0 atom stereocenters. The number of hydrogen-bond donors (Lipinski definition) is 1. The molecule has 2 heterocycles. The second-order valence-corrected chi connectivity index (χ2v) is 14.2. The van der Waals surface area contributed by atoms with Crippen LogP contribution in [-0.2, 0) is 19.3 Å². The average Bonchev–Trinajstić information content (AvgIpc) is 3.68. The van der Waals surface area contributed by atoms with Gasteiger partial charge in [0.05, 0.1) is 44.9 Å². The quantitative estimate of drug-likeness (QED) is 0.116. The van der Waals surface area contributed by atoms with Crippen LogP contribution in [0.3, 0.4) is 0 Å². The third kappa shape index (κ3) is 8.73. The summed E-state index contributed by atoms with van der Waals surface area (Å²) in [5.41, 5.74) is 4.43. The highest BCUT2D eigenvalue weighted by Gasteiger charge is 2.38. The number of anilines is 1. The van der Waals surface area contributed by atoms with Crippen LogP contribution in [0.5, 0.6) is 17.2 Å². The van der Waals surface area contributed by atoms with Gasteiger partial charge in [-0.15, -0.1) is 5.10 Å². The molecule has 1 fully saturated rings. The average molecular weight is 767 g/mol. The summed E-state index contributed by atoms with van der Waals surface area (Å²) in [6.45, 7) is 2.39. The molecule has 0 radical (unpaired) electrons. The molecule has 1 aliphatic rings. The number of benzene rings is 5. The number of piperidine rings is 1. The lowest BCUT2D eigenvalue weighted by atomic mass is 9.88. The van der Waals surface area contributed by atoms with Crippen molar-refractivity contribution < 1.29 is 27.4 Å². The molecule has 6 aromatic rings. The Hall–Kier alpha value is -5.53. The minimum Gasteiger partial charge on any atom is -0.497 e. The molecular formula is C42H41F3N6O3S. The number of rotatable bonds is 13. The van der Waals surface area contributed by atoms with Crippen LogP contribution >= 0.6 is 11.9 Å². The van der Waals surface area contributed by atoms with Crippen LogP contribution in [0.4, 0.5) is 18.9 Å². The normalized spacial score (nSPS) is 13.4. The van der Waals surface area contributed by atoms with Crippen molar-refractivity contribution in [1.82, 2.24) is 25.5 Å². The SMILES string of the molecule is COc1ccc(CN(Sc2c(C(F)(F)F)ccc(-c3ccc(C4CCNCC4)cc3)c2-c2nnnn2Cc2ccc(OC)cc2)c2ccc(OC)cc2)cc1. The molecule has 1 aromatic heterocycles. The standard InChI is InChI=1S/C42H41F3N6O3S/c1-52-34-14-4-28(5-15-34)26-50-41(47-48-49-50)39-37(32-10-8-30(9-11-32)31-22-24-46-25-23-31)20-21-38(42(43,44)45)40(39)55-51(33-12-18-36(54-3)19-13-33)27-29-6-16-35(53-2)17-7-29/h4-21,31,46H,22-27H2,1-3H3. The molecule has 0 bridgehead atoms. The summed E-state index contributed by atoms with van der Waals surface area (Å²) >= 11 is 1.00. The first-order chi connectivity index (χ1) is 26.7. The molecule has 0 spiro atoms. The van der Waals surface area contributed by atoms with E-state index in [-0.39, 0.29) is 29.4 Å². The Morgan fingerprint density at radius 3 is 1.91 bits per heavy atom. The van der Waals surface area contributed by atoms with Crippen LogP contribution in [0.25, 0.3) is 22.5 Å². The summed E-state index contributed by atoms with van der Waals surface area (Å²) in [6, 6.07) is 33.0. The van der Waals surface area contributed by atoms with E-state index in [1.54, 1.807) is 38.1 Å². The van der Waals surface area contributed by atoms with Gasteiger partial charge in [-0.05, 0) is 137 Å². The van der Waals surface area contributed by atoms with Crippen molar-refractivity contribution in [2.24, 2.45) is 0 Å². The van der Waals surface area contributed by atoms with E-state index in [9.17, 15) is 0 Å². The van der Waals surface area contributed by atoms with E-state index in [4.69, 9.17) is 14.2 Å². The summed E-state index contributed by atoms with van der Waals surface area (Å²) < 4.78 is 65.4. The van der Waals surface area contributed by atoms with E-state index in [1.165, 1.54) is 17.7 Å². The monoisotopic (exact) mass is 766 g/mol. The van der Waals surface area contributed by atoms with E-state index in [2.05, 4.69) is 33.0 Å². The molecule has 284 valence electrons. The fraction of sp³-hybridized carbons (Fsp3) is 0.262. The van der Waals surface area contributed by atoms with E-state index in [0.29, 0.717) is 34.4 Å². The van der Waals surface area contributed by atoms with Crippen molar-refractivity contribution in [3.8, 4) is 39.8 Å². The second-order valence-electron chi connectivity index (χ2n) is 13.2. The van der Waals surface area contributed by atoms with Crippen LogP contribution in [0.1, 0.15) is 41.0 Å². The zero-order valence-corrected chi connectivity index (χ0v) is 31.5. The molecule has 7 rings (SSSR count). The third-order valence-corrected chi connectivity index (χ3v) is 11.0. The first-order valence-corrected chi connectivity index (χ1v) is 18.7. The molecule has 9 nitrogen and oxygen atoms in total. The third-order valence-electron chi connectivity index (χ3n) is 9.79. The Morgan fingerprint density at radius 1 is 0.745 bits per heavy atom. The molecular weight excluding hydrogens is 726 g/mol. The van der Waals surface area contributed by atoms with E-state index < -0.39 is 11.7 Å². The number of halogens is 3. The first kappa shape index (κ1) is 37.8. The van der Waals surface area contributed by atoms with Gasteiger partial charge < -0.3 is 23.8 Å². The lowest BCUT2D eigenvalue weighted by molar-refractivity contribution is -0.139. The molecule has 0 aliphatic carbocycles. The number of hydrogen-bond acceptors (Lipinski definition) is 9. The van der Waals surface area contributed by atoms with Gasteiger partial charge in [0.1, 0.15) is 17.2 Å². The van der Waals surface area contributed by atoms with Gasteiger partial charge in [0.2, 0.25) is 0 Å². The number of alkyl halides is 3. The smallest absolute Gasteiger partial charge is 0.417 e. The fourth-order valence-corrected chi connectivity index (χ4v) is 8.01. The fourth-order valence-electron chi connectivity index (χ4n) is 6.78. The Morgan fingerprint density at radius 2 is 1.33 bits per heavy atom. The molecule has 1 aliphatic heterocycles. The Labute approximate surface area is 322 Å². The predicted octanol–water partition coefficient (Wildman–Crippen LogP) is 9.28. The van der Waals surface area contributed by atoms with Crippen LogP contribution < -0.4 is 23.8 Å². The van der Waals surface area contributed by atoms with E-state index >= 15 is 13.2 Å². The van der Waals surface area contributed by atoms with Crippen molar-refractivity contribution in [2.45, 2.75) is 42.9 Å². The largest absolute Gasteiger partial charge is 0.497 e. The van der Waals surface area contributed by atoms with Crippen LogP contribution in [0, 0.1) is 0 Å².